The van der Waals surface area contributed by atoms with Gasteiger partial charge in [0.15, 0.2) is 5.82 Å². The first-order valence-corrected chi connectivity index (χ1v) is 7.85. The highest BCUT2D eigenvalue weighted by Gasteiger charge is 2.09. The van der Waals surface area contributed by atoms with E-state index in [4.69, 9.17) is 4.74 Å². The fraction of sp³-hybridized carbons (Fsp3) is 0.500. The molecule has 0 fully saturated rings. The van der Waals surface area contributed by atoms with Crippen molar-refractivity contribution in [2.45, 2.75) is 26.4 Å². The number of anilines is 2. The second kappa shape index (κ2) is 7.90. The predicted molar refractivity (Wildman–Crippen MR) is 85.9 cm³/mol. The third-order valence-electron chi connectivity index (χ3n) is 2.87. The van der Waals surface area contributed by atoms with Crippen LogP contribution in [0.25, 0.3) is 0 Å². The van der Waals surface area contributed by atoms with Crippen molar-refractivity contribution in [3.8, 4) is 0 Å². The first kappa shape index (κ1) is 15.7. The molecule has 0 aliphatic rings. The van der Waals surface area contributed by atoms with Crippen molar-refractivity contribution in [3.05, 3.63) is 28.5 Å². The Balaban J connectivity index is 2.04. The molecule has 0 aliphatic carbocycles. The van der Waals surface area contributed by atoms with Crippen molar-refractivity contribution in [2.24, 2.45) is 0 Å². The first-order valence-electron chi connectivity index (χ1n) is 6.97. The lowest BCUT2D eigenvalue weighted by Gasteiger charge is -2.13. The molecule has 0 radical (unpaired) electrons. The molecule has 0 aromatic carbocycles. The Kier molecular flexibility index (Phi) is 5.89. The van der Waals surface area contributed by atoms with Gasteiger partial charge in [-0.2, -0.15) is 0 Å². The molecule has 0 bridgehead atoms. The predicted octanol–water partition coefficient (Wildman–Crippen LogP) is 2.73. The number of rotatable bonds is 8. The Labute approximate surface area is 129 Å². The molecule has 0 aliphatic heterocycles. The van der Waals surface area contributed by atoms with Gasteiger partial charge in [0.25, 0.3) is 0 Å². The summed E-state index contributed by atoms with van der Waals surface area (Å²) in [7, 11) is 1.64. The van der Waals surface area contributed by atoms with Crippen LogP contribution in [-0.2, 0) is 11.3 Å². The van der Waals surface area contributed by atoms with Crippen molar-refractivity contribution in [2.75, 3.05) is 30.8 Å². The molecule has 114 valence electrons. The summed E-state index contributed by atoms with van der Waals surface area (Å²) in [5, 5.41) is 9.68. The Morgan fingerprint density at radius 2 is 2.05 bits per heavy atom. The molecule has 0 saturated heterocycles. The van der Waals surface area contributed by atoms with Gasteiger partial charge in [-0.05, 0) is 6.92 Å². The van der Waals surface area contributed by atoms with E-state index in [9.17, 15) is 0 Å². The second-order valence-corrected chi connectivity index (χ2v) is 5.60. The molecule has 2 aromatic rings. The van der Waals surface area contributed by atoms with Crippen LogP contribution in [0.15, 0.2) is 17.6 Å². The standard InChI is InChI=1S/C14H21N5OS/c1-4-15-11-7-12(19-13(18-11)9-20-3)17-8-10(2)14-16-5-6-21-14/h5-7,10H,4,8-9H2,1-3H3,(H2,15,17,18,19). The lowest BCUT2D eigenvalue weighted by atomic mass is 10.2. The number of thiazole rings is 1. The minimum atomic E-state index is 0.341. The third kappa shape index (κ3) is 4.64. The monoisotopic (exact) mass is 307 g/mol. The van der Waals surface area contributed by atoms with Crippen LogP contribution in [0.5, 0.6) is 0 Å². The van der Waals surface area contributed by atoms with Gasteiger partial charge in [0.2, 0.25) is 0 Å². The Morgan fingerprint density at radius 1 is 1.29 bits per heavy atom. The maximum absolute atomic E-state index is 5.11. The number of methoxy groups -OCH3 is 1. The molecule has 1 unspecified atom stereocenters. The zero-order valence-electron chi connectivity index (χ0n) is 12.6. The molecular weight excluding hydrogens is 286 g/mol. The molecule has 0 saturated carbocycles. The normalized spacial score (nSPS) is 12.1. The molecule has 7 heteroatoms. The fourth-order valence-corrected chi connectivity index (χ4v) is 2.57. The number of hydrogen-bond donors (Lipinski definition) is 2. The van der Waals surface area contributed by atoms with Crippen molar-refractivity contribution in [1.82, 2.24) is 15.0 Å². The van der Waals surface area contributed by atoms with E-state index in [0.29, 0.717) is 18.3 Å². The Morgan fingerprint density at radius 3 is 2.67 bits per heavy atom. The summed E-state index contributed by atoms with van der Waals surface area (Å²) in [6.45, 7) is 6.18. The van der Waals surface area contributed by atoms with Crippen LogP contribution >= 0.6 is 11.3 Å². The highest BCUT2D eigenvalue weighted by atomic mass is 32.1. The van der Waals surface area contributed by atoms with Gasteiger partial charge in [-0.25, -0.2) is 15.0 Å². The van der Waals surface area contributed by atoms with Gasteiger partial charge in [0, 0.05) is 43.8 Å². The highest BCUT2D eigenvalue weighted by Crippen LogP contribution is 2.19. The summed E-state index contributed by atoms with van der Waals surface area (Å²) in [6.07, 6.45) is 1.83. The van der Waals surface area contributed by atoms with Crippen LogP contribution < -0.4 is 10.6 Å². The van der Waals surface area contributed by atoms with Crippen molar-refractivity contribution < 1.29 is 4.74 Å². The first-order chi connectivity index (χ1) is 10.2. The van der Waals surface area contributed by atoms with Crippen molar-refractivity contribution >= 4 is 23.0 Å². The summed E-state index contributed by atoms with van der Waals surface area (Å²) in [5.74, 6) is 2.62. The molecule has 2 heterocycles. The van der Waals surface area contributed by atoms with Gasteiger partial charge in [-0.15, -0.1) is 11.3 Å². The average molecular weight is 307 g/mol. The van der Waals surface area contributed by atoms with Gasteiger partial charge in [0.05, 0.1) is 5.01 Å². The highest BCUT2D eigenvalue weighted by molar-refractivity contribution is 7.09. The SMILES string of the molecule is CCNc1cc(NCC(C)c2nccs2)nc(COC)n1. The molecule has 2 rings (SSSR count). The summed E-state index contributed by atoms with van der Waals surface area (Å²) < 4.78 is 5.11. The second-order valence-electron chi connectivity index (χ2n) is 4.67. The minimum absolute atomic E-state index is 0.341. The van der Waals surface area contributed by atoms with Gasteiger partial charge in [-0.1, -0.05) is 6.92 Å². The summed E-state index contributed by atoms with van der Waals surface area (Å²) in [6, 6.07) is 1.91. The quantitative estimate of drug-likeness (QED) is 0.781. The molecule has 0 spiro atoms. The molecule has 6 nitrogen and oxygen atoms in total. The van der Waals surface area contributed by atoms with E-state index in [-0.39, 0.29) is 0 Å². The Bertz CT molecular complexity index is 522. The zero-order chi connectivity index (χ0) is 15.1. The maximum Gasteiger partial charge on any atom is 0.158 e. The number of nitrogens with zero attached hydrogens (tertiary/aromatic N) is 3. The van der Waals surface area contributed by atoms with E-state index in [2.05, 4.69) is 32.5 Å². The number of hydrogen-bond acceptors (Lipinski definition) is 7. The van der Waals surface area contributed by atoms with E-state index in [1.54, 1.807) is 18.4 Å². The van der Waals surface area contributed by atoms with Gasteiger partial charge in [-0.3, -0.25) is 0 Å². The number of nitrogens with one attached hydrogen (secondary N) is 2. The fourth-order valence-electron chi connectivity index (χ4n) is 1.88. The molecule has 21 heavy (non-hydrogen) atoms. The van der Waals surface area contributed by atoms with E-state index in [1.807, 2.05) is 24.6 Å². The molecule has 0 amide bonds. The summed E-state index contributed by atoms with van der Waals surface area (Å²) >= 11 is 1.67. The van der Waals surface area contributed by atoms with E-state index < -0.39 is 0 Å². The zero-order valence-corrected chi connectivity index (χ0v) is 13.4. The van der Waals surface area contributed by atoms with E-state index in [1.165, 1.54) is 0 Å². The van der Waals surface area contributed by atoms with Crippen LogP contribution in [0.1, 0.15) is 30.6 Å². The maximum atomic E-state index is 5.11. The molecule has 2 aromatic heterocycles. The number of aromatic nitrogens is 3. The van der Waals surface area contributed by atoms with Crippen LogP contribution in [0, 0.1) is 0 Å². The molecular formula is C14H21N5OS. The van der Waals surface area contributed by atoms with Crippen LogP contribution in [0.2, 0.25) is 0 Å². The molecule has 2 N–H and O–H groups in total. The minimum Gasteiger partial charge on any atom is -0.377 e. The molecule has 1 atom stereocenters. The lowest BCUT2D eigenvalue weighted by molar-refractivity contribution is 0.178. The van der Waals surface area contributed by atoms with Crippen LogP contribution in [0.3, 0.4) is 0 Å². The van der Waals surface area contributed by atoms with Crippen molar-refractivity contribution in [1.29, 1.82) is 0 Å². The van der Waals surface area contributed by atoms with E-state index in [0.717, 1.165) is 29.7 Å². The van der Waals surface area contributed by atoms with Crippen LogP contribution in [-0.4, -0.2) is 35.2 Å². The topological polar surface area (TPSA) is 72.0 Å². The average Bonchev–Trinajstić information content (AvgIpc) is 2.99. The number of ether oxygens (including phenoxy) is 1. The largest absolute Gasteiger partial charge is 0.377 e. The smallest absolute Gasteiger partial charge is 0.158 e. The summed E-state index contributed by atoms with van der Waals surface area (Å²) in [5.41, 5.74) is 0. The Hall–Kier alpha value is -1.73. The van der Waals surface area contributed by atoms with Crippen molar-refractivity contribution in [3.63, 3.8) is 0 Å². The van der Waals surface area contributed by atoms with Gasteiger partial charge in [0.1, 0.15) is 18.2 Å². The third-order valence-corrected chi connectivity index (χ3v) is 3.87. The van der Waals surface area contributed by atoms with Gasteiger partial charge >= 0.3 is 0 Å². The lowest BCUT2D eigenvalue weighted by Crippen LogP contribution is -2.13. The summed E-state index contributed by atoms with van der Waals surface area (Å²) in [4.78, 5) is 13.2. The van der Waals surface area contributed by atoms with Gasteiger partial charge < -0.3 is 15.4 Å². The van der Waals surface area contributed by atoms with Crippen LogP contribution in [0.4, 0.5) is 11.6 Å². The van der Waals surface area contributed by atoms with E-state index >= 15 is 0 Å².